The number of furan rings is 1. The molecule has 4 heteroatoms. The molecule has 45 heavy (non-hydrogen) atoms. The highest BCUT2D eigenvalue weighted by Gasteiger charge is 2.16. The number of benzene rings is 7. The van der Waals surface area contributed by atoms with Gasteiger partial charge in [0, 0.05) is 39.5 Å². The van der Waals surface area contributed by atoms with Crippen molar-refractivity contribution in [3.05, 3.63) is 158 Å². The van der Waals surface area contributed by atoms with E-state index in [2.05, 4.69) is 126 Å². The Hall–Kier alpha value is -6.13. The van der Waals surface area contributed by atoms with Crippen LogP contribution in [0.25, 0.3) is 66.4 Å². The van der Waals surface area contributed by atoms with Crippen LogP contribution in [0.5, 0.6) is 0 Å². The van der Waals surface area contributed by atoms with Crippen LogP contribution in [-0.4, -0.2) is 4.98 Å². The molecule has 0 saturated carbocycles. The number of hydrogen-bond acceptors (Lipinski definition) is 4. The highest BCUT2D eigenvalue weighted by atomic mass is 16.4. The second kappa shape index (κ2) is 10.2. The van der Waals surface area contributed by atoms with Crippen LogP contribution in [0, 0.1) is 0 Å². The molecule has 9 rings (SSSR count). The molecule has 0 spiro atoms. The maximum absolute atomic E-state index is 6.35. The molecule has 0 atom stereocenters. The Morgan fingerprint density at radius 3 is 1.89 bits per heavy atom. The van der Waals surface area contributed by atoms with Crippen molar-refractivity contribution in [1.82, 2.24) is 4.98 Å². The Morgan fingerprint density at radius 2 is 1.07 bits per heavy atom. The van der Waals surface area contributed by atoms with Gasteiger partial charge in [0.25, 0.3) is 0 Å². The summed E-state index contributed by atoms with van der Waals surface area (Å²) in [5, 5.41) is 4.53. The molecule has 0 fully saturated rings. The van der Waals surface area contributed by atoms with E-state index in [-0.39, 0.29) is 0 Å². The molecule has 0 aliphatic heterocycles. The van der Waals surface area contributed by atoms with Gasteiger partial charge in [-0.25, -0.2) is 4.98 Å². The van der Waals surface area contributed by atoms with E-state index < -0.39 is 0 Å². The Morgan fingerprint density at radius 1 is 0.400 bits per heavy atom. The lowest BCUT2D eigenvalue weighted by Crippen LogP contribution is -2.09. The monoisotopic (exact) mass is 578 g/mol. The molecule has 0 unspecified atom stereocenters. The fourth-order valence-electron chi connectivity index (χ4n) is 6.22. The molecule has 4 nitrogen and oxygen atoms in total. The summed E-state index contributed by atoms with van der Waals surface area (Å²) in [6, 6.07) is 54.7. The van der Waals surface area contributed by atoms with Crippen molar-refractivity contribution in [2.75, 3.05) is 4.90 Å². The van der Waals surface area contributed by atoms with Crippen molar-refractivity contribution >= 4 is 60.9 Å². The molecule has 2 heterocycles. The van der Waals surface area contributed by atoms with Gasteiger partial charge in [0.2, 0.25) is 5.89 Å². The van der Waals surface area contributed by atoms with E-state index in [1.807, 2.05) is 36.4 Å². The summed E-state index contributed by atoms with van der Waals surface area (Å²) in [5.74, 6) is 0.611. The van der Waals surface area contributed by atoms with Crippen LogP contribution in [0.3, 0.4) is 0 Å². The largest absolute Gasteiger partial charge is 0.456 e. The van der Waals surface area contributed by atoms with Crippen molar-refractivity contribution in [2.24, 2.45) is 0 Å². The van der Waals surface area contributed by atoms with Gasteiger partial charge in [0.1, 0.15) is 16.7 Å². The number of para-hydroxylation sites is 1. The maximum Gasteiger partial charge on any atom is 0.227 e. The van der Waals surface area contributed by atoms with Crippen LogP contribution < -0.4 is 4.90 Å². The van der Waals surface area contributed by atoms with Crippen LogP contribution in [0.15, 0.2) is 167 Å². The number of rotatable bonds is 5. The molecule has 2 aromatic heterocycles. The van der Waals surface area contributed by atoms with E-state index in [1.165, 1.54) is 10.8 Å². The molecule has 0 radical (unpaired) electrons. The molecular formula is C41H26N2O2. The number of nitrogens with zero attached hydrogens (tertiary/aromatic N) is 2. The molecule has 0 aliphatic carbocycles. The Bertz CT molecular complexity index is 2480. The fourth-order valence-corrected chi connectivity index (χ4v) is 6.22. The SMILES string of the molecule is c1ccc(-c2nc3cc4c(cc3o2)oc2cc(-c3ccc(N(c5ccccc5)c5ccc6ccccc6c5)cc3)ccc24)cc1. The van der Waals surface area contributed by atoms with E-state index in [9.17, 15) is 0 Å². The van der Waals surface area contributed by atoms with Gasteiger partial charge < -0.3 is 13.7 Å². The molecule has 0 aliphatic rings. The zero-order valence-corrected chi connectivity index (χ0v) is 24.2. The molecular weight excluding hydrogens is 552 g/mol. The standard InChI is InChI=1S/C41H26N2O2/c1-3-10-29(11-4-1)41-42-37-25-36-35-22-18-31(24-38(35)44-39(36)26-40(37)45-41)28-15-19-33(20-16-28)43(32-13-5-2-6-14-32)34-21-17-27-9-7-8-12-30(27)23-34/h1-26H. The minimum absolute atomic E-state index is 0.611. The van der Waals surface area contributed by atoms with Gasteiger partial charge in [0.15, 0.2) is 5.58 Å². The third kappa shape index (κ3) is 4.43. The van der Waals surface area contributed by atoms with Gasteiger partial charge in [-0.2, -0.15) is 0 Å². The van der Waals surface area contributed by atoms with Crippen molar-refractivity contribution in [3.8, 4) is 22.6 Å². The van der Waals surface area contributed by atoms with E-state index in [1.54, 1.807) is 0 Å². The summed E-state index contributed by atoms with van der Waals surface area (Å²) in [7, 11) is 0. The summed E-state index contributed by atoms with van der Waals surface area (Å²) in [6.45, 7) is 0. The Labute approximate surface area is 259 Å². The third-order valence-electron chi connectivity index (χ3n) is 8.47. The van der Waals surface area contributed by atoms with Crippen LogP contribution in [-0.2, 0) is 0 Å². The second-order valence-electron chi connectivity index (χ2n) is 11.3. The van der Waals surface area contributed by atoms with Crippen molar-refractivity contribution in [2.45, 2.75) is 0 Å². The van der Waals surface area contributed by atoms with Gasteiger partial charge in [-0.05, 0) is 88.6 Å². The Kier molecular flexibility index (Phi) is 5.78. The number of hydrogen-bond donors (Lipinski definition) is 0. The van der Waals surface area contributed by atoms with Crippen LogP contribution in [0.4, 0.5) is 17.1 Å². The van der Waals surface area contributed by atoms with E-state index >= 15 is 0 Å². The predicted molar refractivity (Wildman–Crippen MR) is 184 cm³/mol. The van der Waals surface area contributed by atoms with Crippen LogP contribution in [0.2, 0.25) is 0 Å². The van der Waals surface area contributed by atoms with E-state index in [4.69, 9.17) is 13.8 Å². The van der Waals surface area contributed by atoms with Gasteiger partial charge in [0.05, 0.1) is 0 Å². The smallest absolute Gasteiger partial charge is 0.227 e. The minimum atomic E-state index is 0.611. The minimum Gasteiger partial charge on any atom is -0.456 e. The van der Waals surface area contributed by atoms with Gasteiger partial charge in [-0.15, -0.1) is 0 Å². The lowest BCUT2D eigenvalue weighted by atomic mass is 10.0. The number of anilines is 3. The van der Waals surface area contributed by atoms with E-state index in [0.29, 0.717) is 11.5 Å². The Balaban J connectivity index is 1.07. The first-order valence-electron chi connectivity index (χ1n) is 15.0. The van der Waals surface area contributed by atoms with Crippen LogP contribution in [0.1, 0.15) is 0 Å². The molecule has 0 saturated heterocycles. The molecule has 0 amide bonds. The molecule has 7 aromatic carbocycles. The number of oxazole rings is 1. The molecule has 0 N–H and O–H groups in total. The van der Waals surface area contributed by atoms with Gasteiger partial charge >= 0.3 is 0 Å². The highest BCUT2D eigenvalue weighted by molar-refractivity contribution is 6.09. The fraction of sp³-hybridized carbons (Fsp3) is 0. The van der Waals surface area contributed by atoms with Crippen molar-refractivity contribution in [3.63, 3.8) is 0 Å². The quantitative estimate of drug-likeness (QED) is 0.204. The first-order chi connectivity index (χ1) is 22.3. The summed E-state index contributed by atoms with van der Waals surface area (Å²) >= 11 is 0. The number of aromatic nitrogens is 1. The second-order valence-corrected chi connectivity index (χ2v) is 11.3. The topological polar surface area (TPSA) is 42.4 Å². The summed E-state index contributed by atoms with van der Waals surface area (Å²) in [4.78, 5) is 7.05. The van der Waals surface area contributed by atoms with Crippen LogP contribution >= 0.6 is 0 Å². The predicted octanol–water partition coefficient (Wildman–Crippen LogP) is 11.7. The summed E-state index contributed by atoms with van der Waals surface area (Å²) in [6.07, 6.45) is 0. The highest BCUT2D eigenvalue weighted by Crippen LogP contribution is 2.39. The molecule has 9 aromatic rings. The average Bonchev–Trinajstić information content (AvgIpc) is 3.68. The van der Waals surface area contributed by atoms with Crippen molar-refractivity contribution in [1.29, 1.82) is 0 Å². The zero-order valence-electron chi connectivity index (χ0n) is 24.2. The van der Waals surface area contributed by atoms with E-state index in [0.717, 1.165) is 61.2 Å². The maximum atomic E-state index is 6.35. The zero-order chi connectivity index (χ0) is 29.7. The van der Waals surface area contributed by atoms with Crippen molar-refractivity contribution < 1.29 is 8.83 Å². The molecule has 212 valence electrons. The normalized spacial score (nSPS) is 11.6. The first kappa shape index (κ1) is 25.4. The molecule has 0 bridgehead atoms. The lowest BCUT2D eigenvalue weighted by Gasteiger charge is -2.26. The summed E-state index contributed by atoms with van der Waals surface area (Å²) in [5.41, 5.74) is 9.65. The number of fused-ring (bicyclic) bond motifs is 5. The summed E-state index contributed by atoms with van der Waals surface area (Å²) < 4.78 is 12.4. The average molecular weight is 579 g/mol. The third-order valence-corrected chi connectivity index (χ3v) is 8.47. The van der Waals surface area contributed by atoms with Gasteiger partial charge in [-0.3, -0.25) is 0 Å². The lowest BCUT2D eigenvalue weighted by molar-refractivity contribution is 0.617. The first-order valence-corrected chi connectivity index (χ1v) is 15.0. The van der Waals surface area contributed by atoms with Gasteiger partial charge in [-0.1, -0.05) is 84.9 Å².